The van der Waals surface area contributed by atoms with Gasteiger partial charge in [0.15, 0.2) is 0 Å². The summed E-state index contributed by atoms with van der Waals surface area (Å²) in [6.07, 6.45) is 3.60. The van der Waals surface area contributed by atoms with Crippen LogP contribution in [0.15, 0.2) is 36.0 Å². The van der Waals surface area contributed by atoms with E-state index in [1.165, 1.54) is 0 Å². The van der Waals surface area contributed by atoms with E-state index in [0.717, 1.165) is 33.6 Å². The molecule has 7 heteroatoms. The first-order valence-electron chi connectivity index (χ1n) is 6.41. The fraction of sp³-hybridized carbons (Fsp3) is 0.286. The molecular formula is C14H15ClIN3OS. The van der Waals surface area contributed by atoms with Crippen LogP contribution in [-0.4, -0.2) is 35.4 Å². The molecule has 4 nitrogen and oxygen atoms in total. The Hall–Kier alpha value is -0.700. The number of aromatic nitrogens is 1. The van der Waals surface area contributed by atoms with Crippen LogP contribution in [0, 0.1) is 2.88 Å². The van der Waals surface area contributed by atoms with Gasteiger partial charge in [-0.25, -0.2) is 0 Å². The normalized spacial score (nSPS) is 18.1. The minimum Gasteiger partial charge on any atom is -0.329 e. The van der Waals surface area contributed by atoms with E-state index in [2.05, 4.69) is 32.9 Å². The average molecular weight is 436 g/mol. The van der Waals surface area contributed by atoms with Crippen LogP contribution in [0.5, 0.6) is 0 Å². The Bertz CT molecular complexity index is 607. The van der Waals surface area contributed by atoms with Crippen molar-refractivity contribution in [3.8, 4) is 0 Å². The quantitative estimate of drug-likeness (QED) is 0.738. The lowest BCUT2D eigenvalue weighted by Crippen LogP contribution is -2.48. The number of rotatable bonds is 2. The van der Waals surface area contributed by atoms with E-state index in [1.807, 2.05) is 34.7 Å². The standard InChI is InChI=1S/C14H14IN3OS.ClH/c15-13-6-11(9-20-13)14(19)18-5-4-17-8-12(18)10-2-1-3-16-7-10;/h1-3,6-7,9,12,17H,4-5,8H2;1H. The molecule has 2 aromatic rings. The van der Waals surface area contributed by atoms with Crippen molar-refractivity contribution in [3.05, 3.63) is 50.0 Å². The van der Waals surface area contributed by atoms with Gasteiger partial charge in [-0.05, 0) is 40.3 Å². The number of nitrogens with one attached hydrogen (secondary N) is 1. The van der Waals surface area contributed by atoms with Gasteiger partial charge in [0.25, 0.3) is 5.91 Å². The summed E-state index contributed by atoms with van der Waals surface area (Å²) in [4.78, 5) is 18.8. The smallest absolute Gasteiger partial charge is 0.255 e. The number of piperazine rings is 1. The third-order valence-corrected chi connectivity index (χ3v) is 5.18. The first-order valence-corrected chi connectivity index (χ1v) is 8.37. The summed E-state index contributed by atoms with van der Waals surface area (Å²) in [6, 6.07) is 5.96. The maximum absolute atomic E-state index is 12.7. The molecule has 0 aliphatic carbocycles. The molecule has 21 heavy (non-hydrogen) atoms. The minimum atomic E-state index is 0. The van der Waals surface area contributed by atoms with Gasteiger partial charge in [-0.2, -0.15) is 0 Å². The second kappa shape index (κ2) is 7.53. The van der Waals surface area contributed by atoms with E-state index in [4.69, 9.17) is 0 Å². The van der Waals surface area contributed by atoms with Gasteiger partial charge in [0.2, 0.25) is 0 Å². The molecule has 2 aromatic heterocycles. The number of pyridine rings is 1. The van der Waals surface area contributed by atoms with Crippen LogP contribution >= 0.6 is 46.3 Å². The second-order valence-electron chi connectivity index (χ2n) is 4.64. The first kappa shape index (κ1) is 16.7. The van der Waals surface area contributed by atoms with Crippen molar-refractivity contribution in [1.29, 1.82) is 0 Å². The number of halogens is 2. The monoisotopic (exact) mass is 435 g/mol. The SMILES string of the molecule is Cl.O=C(c1csc(I)c1)N1CCNCC1c1cccnc1. The van der Waals surface area contributed by atoms with Gasteiger partial charge in [-0.3, -0.25) is 9.78 Å². The third kappa shape index (κ3) is 3.74. The lowest BCUT2D eigenvalue weighted by Gasteiger charge is -2.36. The molecule has 1 aliphatic heterocycles. The third-order valence-electron chi connectivity index (χ3n) is 3.39. The lowest BCUT2D eigenvalue weighted by molar-refractivity contribution is 0.0634. The van der Waals surface area contributed by atoms with Crippen molar-refractivity contribution < 1.29 is 4.79 Å². The molecule has 3 heterocycles. The highest BCUT2D eigenvalue weighted by atomic mass is 127. The maximum atomic E-state index is 12.7. The summed E-state index contributed by atoms with van der Waals surface area (Å²) >= 11 is 3.85. The molecule has 0 radical (unpaired) electrons. The lowest BCUT2D eigenvalue weighted by atomic mass is 10.0. The Morgan fingerprint density at radius 3 is 3.05 bits per heavy atom. The number of carbonyl (C=O) groups excluding carboxylic acids is 1. The highest BCUT2D eigenvalue weighted by molar-refractivity contribution is 14.1. The summed E-state index contributed by atoms with van der Waals surface area (Å²) in [5.74, 6) is 0.111. The molecule has 1 fully saturated rings. The van der Waals surface area contributed by atoms with Gasteiger partial charge in [-0.15, -0.1) is 23.7 Å². The summed E-state index contributed by atoms with van der Waals surface area (Å²) in [5.41, 5.74) is 1.87. The molecule has 0 bridgehead atoms. The average Bonchev–Trinajstić information content (AvgIpc) is 2.94. The van der Waals surface area contributed by atoms with Crippen molar-refractivity contribution in [2.45, 2.75) is 6.04 Å². The summed E-state index contributed by atoms with van der Waals surface area (Å²) in [7, 11) is 0. The molecule has 0 aromatic carbocycles. The van der Waals surface area contributed by atoms with Gasteiger partial charge in [-0.1, -0.05) is 6.07 Å². The fourth-order valence-electron chi connectivity index (χ4n) is 2.41. The minimum absolute atomic E-state index is 0. The number of amides is 1. The van der Waals surface area contributed by atoms with E-state index >= 15 is 0 Å². The van der Waals surface area contributed by atoms with Crippen LogP contribution in [0.2, 0.25) is 0 Å². The van der Waals surface area contributed by atoms with E-state index in [1.54, 1.807) is 17.5 Å². The number of hydrogen-bond acceptors (Lipinski definition) is 4. The largest absolute Gasteiger partial charge is 0.329 e. The van der Waals surface area contributed by atoms with Crippen molar-refractivity contribution >= 4 is 52.2 Å². The van der Waals surface area contributed by atoms with Crippen LogP contribution in [-0.2, 0) is 0 Å². The van der Waals surface area contributed by atoms with Crippen molar-refractivity contribution in [2.75, 3.05) is 19.6 Å². The van der Waals surface area contributed by atoms with E-state index in [-0.39, 0.29) is 24.4 Å². The van der Waals surface area contributed by atoms with Crippen molar-refractivity contribution in [1.82, 2.24) is 15.2 Å². The first-order chi connectivity index (χ1) is 9.75. The van der Waals surface area contributed by atoms with Gasteiger partial charge in [0.05, 0.1) is 14.5 Å². The molecule has 1 saturated heterocycles. The number of nitrogens with zero attached hydrogens (tertiary/aromatic N) is 2. The Morgan fingerprint density at radius 1 is 1.52 bits per heavy atom. The van der Waals surface area contributed by atoms with E-state index in [0.29, 0.717) is 0 Å². The number of hydrogen-bond donors (Lipinski definition) is 1. The molecule has 1 N–H and O–H groups in total. The molecule has 1 atom stereocenters. The van der Waals surface area contributed by atoms with E-state index in [9.17, 15) is 4.79 Å². The van der Waals surface area contributed by atoms with Crippen LogP contribution in [0.1, 0.15) is 22.0 Å². The van der Waals surface area contributed by atoms with E-state index < -0.39 is 0 Å². The second-order valence-corrected chi connectivity index (χ2v) is 7.45. The molecule has 0 saturated carbocycles. The molecule has 1 amide bonds. The zero-order valence-corrected chi connectivity index (χ0v) is 15.0. The topological polar surface area (TPSA) is 45.2 Å². The Balaban J connectivity index is 0.00000161. The number of thiophene rings is 1. The molecule has 3 rings (SSSR count). The van der Waals surface area contributed by atoms with Crippen LogP contribution < -0.4 is 5.32 Å². The Labute approximate surface area is 147 Å². The highest BCUT2D eigenvalue weighted by Crippen LogP contribution is 2.25. The van der Waals surface area contributed by atoms with Gasteiger partial charge in [0.1, 0.15) is 0 Å². The molecular weight excluding hydrogens is 421 g/mol. The van der Waals surface area contributed by atoms with Gasteiger partial charge in [0, 0.05) is 37.4 Å². The molecule has 1 unspecified atom stereocenters. The fourth-order valence-corrected chi connectivity index (χ4v) is 3.73. The van der Waals surface area contributed by atoms with Crippen LogP contribution in [0.25, 0.3) is 0 Å². The highest BCUT2D eigenvalue weighted by Gasteiger charge is 2.29. The van der Waals surface area contributed by atoms with Crippen LogP contribution in [0.4, 0.5) is 0 Å². The van der Waals surface area contributed by atoms with Gasteiger partial charge < -0.3 is 10.2 Å². The summed E-state index contributed by atoms with van der Waals surface area (Å²) in [6.45, 7) is 2.34. The predicted molar refractivity (Wildman–Crippen MR) is 95.2 cm³/mol. The predicted octanol–water partition coefficient (Wildman–Crippen LogP) is 2.96. The summed E-state index contributed by atoms with van der Waals surface area (Å²) < 4.78 is 1.14. The zero-order valence-electron chi connectivity index (χ0n) is 11.2. The molecule has 0 spiro atoms. The van der Waals surface area contributed by atoms with Crippen molar-refractivity contribution in [3.63, 3.8) is 0 Å². The Morgan fingerprint density at radius 2 is 2.38 bits per heavy atom. The maximum Gasteiger partial charge on any atom is 0.255 e. The Kier molecular flexibility index (Phi) is 5.98. The zero-order chi connectivity index (χ0) is 13.9. The molecule has 112 valence electrons. The summed E-state index contributed by atoms with van der Waals surface area (Å²) in [5, 5.41) is 5.29. The van der Waals surface area contributed by atoms with Gasteiger partial charge >= 0.3 is 0 Å². The van der Waals surface area contributed by atoms with Crippen LogP contribution in [0.3, 0.4) is 0 Å². The number of carbonyl (C=O) groups is 1. The van der Waals surface area contributed by atoms with Crippen molar-refractivity contribution in [2.24, 2.45) is 0 Å². The molecule has 1 aliphatic rings.